The number of halogens is 1. The molecule has 0 saturated carbocycles. The molecule has 0 unspecified atom stereocenters. The van der Waals surface area contributed by atoms with Crippen LogP contribution < -0.4 is 4.31 Å². The maximum Gasteiger partial charge on any atom is 0.232 e. The number of benzene rings is 2. The number of anilines is 1. The summed E-state index contributed by atoms with van der Waals surface area (Å²) in [5, 5.41) is 19.1. The topological polar surface area (TPSA) is 81.4 Å². The van der Waals surface area contributed by atoms with Gasteiger partial charge < -0.3 is 5.11 Å². The van der Waals surface area contributed by atoms with E-state index >= 15 is 0 Å². The van der Waals surface area contributed by atoms with Gasteiger partial charge in [0.1, 0.15) is 5.75 Å². The van der Waals surface area contributed by atoms with Crippen LogP contribution in [0.4, 0.5) is 5.69 Å². The number of aromatic hydroxyl groups is 1. The van der Waals surface area contributed by atoms with Crippen molar-refractivity contribution in [3.8, 4) is 11.8 Å². The summed E-state index contributed by atoms with van der Waals surface area (Å²) in [5.41, 5.74) is 1.10. The fraction of sp³-hybridized carbons (Fsp3) is 0.133. The van der Waals surface area contributed by atoms with Gasteiger partial charge in [-0.15, -0.1) is 0 Å². The van der Waals surface area contributed by atoms with Crippen LogP contribution in [0, 0.1) is 11.3 Å². The van der Waals surface area contributed by atoms with Crippen LogP contribution in [-0.4, -0.2) is 19.8 Å². The molecule has 0 heterocycles. The highest BCUT2D eigenvalue weighted by Gasteiger charge is 2.19. The molecule has 0 amide bonds. The number of nitriles is 1. The molecular formula is C15H13ClN2O3S. The van der Waals surface area contributed by atoms with Gasteiger partial charge in [0.25, 0.3) is 0 Å². The highest BCUT2D eigenvalue weighted by Crippen LogP contribution is 2.27. The molecule has 0 bridgehead atoms. The molecule has 7 heteroatoms. The van der Waals surface area contributed by atoms with Crippen molar-refractivity contribution in [1.82, 2.24) is 0 Å². The highest BCUT2D eigenvalue weighted by molar-refractivity contribution is 7.92. The predicted molar refractivity (Wildman–Crippen MR) is 85.3 cm³/mol. The van der Waals surface area contributed by atoms with Crippen molar-refractivity contribution in [1.29, 1.82) is 5.26 Å². The average Bonchev–Trinajstić information content (AvgIpc) is 2.44. The van der Waals surface area contributed by atoms with Crippen LogP contribution in [0.1, 0.15) is 11.1 Å². The lowest BCUT2D eigenvalue weighted by molar-refractivity contribution is 0.468. The first-order valence-corrected chi connectivity index (χ1v) is 8.49. The van der Waals surface area contributed by atoms with E-state index in [0.717, 1.165) is 10.6 Å². The van der Waals surface area contributed by atoms with Crippen LogP contribution in [0.15, 0.2) is 42.5 Å². The zero-order valence-electron chi connectivity index (χ0n) is 11.7. The number of hydrogen-bond donors (Lipinski definition) is 1. The molecule has 1 N–H and O–H groups in total. The van der Waals surface area contributed by atoms with E-state index in [4.69, 9.17) is 16.9 Å². The van der Waals surface area contributed by atoms with Crippen LogP contribution in [-0.2, 0) is 16.6 Å². The minimum absolute atomic E-state index is 0.0588. The van der Waals surface area contributed by atoms with Gasteiger partial charge in [0.15, 0.2) is 0 Å². The molecule has 22 heavy (non-hydrogen) atoms. The number of phenols is 1. The van der Waals surface area contributed by atoms with E-state index in [1.165, 1.54) is 24.3 Å². The minimum Gasteiger partial charge on any atom is -0.508 e. The summed E-state index contributed by atoms with van der Waals surface area (Å²) in [5.74, 6) is -0.130. The Balaban J connectivity index is 2.43. The average molecular weight is 337 g/mol. The van der Waals surface area contributed by atoms with Crippen LogP contribution in [0.3, 0.4) is 0 Å². The lowest BCUT2D eigenvalue weighted by Gasteiger charge is -2.23. The van der Waals surface area contributed by atoms with E-state index in [2.05, 4.69) is 0 Å². The number of rotatable bonds is 4. The first-order chi connectivity index (χ1) is 10.3. The smallest absolute Gasteiger partial charge is 0.232 e. The second kappa shape index (κ2) is 6.26. The van der Waals surface area contributed by atoms with E-state index in [0.29, 0.717) is 21.8 Å². The van der Waals surface area contributed by atoms with Gasteiger partial charge in [0.05, 0.1) is 30.1 Å². The molecular weight excluding hydrogens is 324 g/mol. The first kappa shape index (κ1) is 16.1. The first-order valence-electron chi connectivity index (χ1n) is 6.26. The van der Waals surface area contributed by atoms with E-state index in [9.17, 15) is 13.5 Å². The van der Waals surface area contributed by atoms with Crippen molar-refractivity contribution in [3.05, 3.63) is 58.6 Å². The Morgan fingerprint density at radius 2 is 2.00 bits per heavy atom. The van der Waals surface area contributed by atoms with E-state index in [-0.39, 0.29) is 12.3 Å². The molecule has 2 aromatic carbocycles. The molecule has 2 rings (SSSR count). The second-order valence-electron chi connectivity index (χ2n) is 4.70. The Morgan fingerprint density at radius 1 is 1.27 bits per heavy atom. The Morgan fingerprint density at radius 3 is 2.55 bits per heavy atom. The van der Waals surface area contributed by atoms with E-state index in [1.807, 2.05) is 6.07 Å². The fourth-order valence-electron chi connectivity index (χ4n) is 1.95. The third kappa shape index (κ3) is 3.70. The molecule has 114 valence electrons. The van der Waals surface area contributed by atoms with Crippen LogP contribution in [0.25, 0.3) is 0 Å². The molecule has 0 atom stereocenters. The largest absolute Gasteiger partial charge is 0.508 e. The molecule has 0 saturated heterocycles. The van der Waals surface area contributed by atoms with Gasteiger partial charge in [-0.1, -0.05) is 23.7 Å². The zero-order valence-corrected chi connectivity index (χ0v) is 13.3. The number of phenolic OH excluding ortho intramolecular Hbond substituents is 1. The van der Waals surface area contributed by atoms with Gasteiger partial charge in [-0.3, -0.25) is 4.31 Å². The van der Waals surface area contributed by atoms with Crippen LogP contribution in [0.5, 0.6) is 5.75 Å². The SMILES string of the molecule is CS(=O)(=O)N(Cc1ccc(C#N)cc1O)c1cccc(Cl)c1. The maximum atomic E-state index is 12.0. The number of hydrogen-bond acceptors (Lipinski definition) is 4. The van der Waals surface area contributed by atoms with Crippen molar-refractivity contribution < 1.29 is 13.5 Å². The second-order valence-corrected chi connectivity index (χ2v) is 7.05. The Bertz CT molecular complexity index is 844. The monoisotopic (exact) mass is 336 g/mol. The van der Waals surface area contributed by atoms with Gasteiger partial charge in [-0.05, 0) is 30.3 Å². The van der Waals surface area contributed by atoms with Crippen LogP contribution >= 0.6 is 11.6 Å². The van der Waals surface area contributed by atoms with Gasteiger partial charge in [-0.25, -0.2) is 8.42 Å². The van der Waals surface area contributed by atoms with Gasteiger partial charge in [0.2, 0.25) is 10.0 Å². The summed E-state index contributed by atoms with van der Waals surface area (Å²) in [6, 6.07) is 12.7. The van der Waals surface area contributed by atoms with E-state index < -0.39 is 10.0 Å². The molecule has 0 aromatic heterocycles. The summed E-state index contributed by atoms with van der Waals surface area (Å²) in [6.45, 7) is -0.0588. The Hall–Kier alpha value is -2.23. The summed E-state index contributed by atoms with van der Waals surface area (Å²) < 4.78 is 25.2. The van der Waals surface area contributed by atoms with Crippen molar-refractivity contribution in [2.45, 2.75) is 6.54 Å². The van der Waals surface area contributed by atoms with E-state index in [1.54, 1.807) is 18.2 Å². The van der Waals surface area contributed by atoms with Crippen molar-refractivity contribution >= 4 is 27.3 Å². The van der Waals surface area contributed by atoms with Crippen LogP contribution in [0.2, 0.25) is 5.02 Å². The molecule has 2 aromatic rings. The van der Waals surface area contributed by atoms with Gasteiger partial charge in [-0.2, -0.15) is 5.26 Å². The summed E-state index contributed by atoms with van der Waals surface area (Å²) in [4.78, 5) is 0. The standard InChI is InChI=1S/C15H13ClN2O3S/c1-22(20,21)18(14-4-2-3-13(16)8-14)10-12-6-5-11(9-17)7-15(12)19/h2-8,19H,10H2,1H3. The molecule has 0 fully saturated rings. The third-order valence-electron chi connectivity index (χ3n) is 3.02. The minimum atomic E-state index is -3.57. The number of nitrogens with zero attached hydrogens (tertiary/aromatic N) is 2. The normalized spacial score (nSPS) is 11.0. The van der Waals surface area contributed by atoms with Crippen molar-refractivity contribution in [2.24, 2.45) is 0 Å². The quantitative estimate of drug-likeness (QED) is 0.930. The molecule has 0 aliphatic rings. The fourth-order valence-corrected chi connectivity index (χ4v) is 3.01. The van der Waals surface area contributed by atoms with Crippen molar-refractivity contribution in [3.63, 3.8) is 0 Å². The summed E-state index contributed by atoms with van der Waals surface area (Å²) >= 11 is 5.91. The Kier molecular flexibility index (Phi) is 4.59. The lowest BCUT2D eigenvalue weighted by Crippen LogP contribution is -2.29. The highest BCUT2D eigenvalue weighted by atomic mass is 35.5. The molecule has 0 aliphatic carbocycles. The number of sulfonamides is 1. The zero-order chi connectivity index (χ0) is 16.3. The maximum absolute atomic E-state index is 12.0. The van der Waals surface area contributed by atoms with Crippen molar-refractivity contribution in [2.75, 3.05) is 10.6 Å². The molecule has 0 radical (unpaired) electrons. The predicted octanol–water partition coefficient (Wildman–Crippen LogP) is 2.88. The van der Waals surface area contributed by atoms with Gasteiger partial charge >= 0.3 is 0 Å². The molecule has 0 aliphatic heterocycles. The summed E-state index contributed by atoms with van der Waals surface area (Å²) in [7, 11) is -3.57. The van der Waals surface area contributed by atoms with Gasteiger partial charge in [0, 0.05) is 10.6 Å². The lowest BCUT2D eigenvalue weighted by atomic mass is 10.1. The molecule has 5 nitrogen and oxygen atoms in total. The Labute approximate surface area is 134 Å². The third-order valence-corrected chi connectivity index (χ3v) is 4.40. The molecule has 0 spiro atoms. The summed E-state index contributed by atoms with van der Waals surface area (Å²) in [6.07, 6.45) is 1.08.